The van der Waals surface area contributed by atoms with E-state index in [4.69, 9.17) is 0 Å². The molecular formula is C20H25N3O4S. The van der Waals surface area contributed by atoms with Crippen molar-refractivity contribution in [2.45, 2.75) is 26.8 Å². The first-order chi connectivity index (χ1) is 13.0. The Morgan fingerprint density at radius 3 is 2.29 bits per heavy atom. The lowest BCUT2D eigenvalue weighted by atomic mass is 10.1. The van der Waals surface area contributed by atoms with Gasteiger partial charge in [0.25, 0.3) is 5.91 Å². The lowest BCUT2D eigenvalue weighted by Gasteiger charge is -2.16. The molecule has 3 N–H and O–H groups in total. The van der Waals surface area contributed by atoms with E-state index in [1.165, 1.54) is 0 Å². The fourth-order valence-electron chi connectivity index (χ4n) is 2.83. The lowest BCUT2D eigenvalue weighted by Crippen LogP contribution is -2.38. The van der Waals surface area contributed by atoms with E-state index >= 15 is 0 Å². The Morgan fingerprint density at radius 2 is 1.68 bits per heavy atom. The second kappa shape index (κ2) is 8.88. The SMILES string of the molecule is Cc1cc(C)cc(C(=O)NCC(=O)N[C@H](C)c2cccc(NS(C)(=O)=O)c2)c1. The number of aryl methyl sites for hydroxylation is 2. The molecular weight excluding hydrogens is 378 g/mol. The number of hydrogen-bond donors (Lipinski definition) is 3. The largest absolute Gasteiger partial charge is 0.348 e. The highest BCUT2D eigenvalue weighted by molar-refractivity contribution is 7.92. The second-order valence-electron chi connectivity index (χ2n) is 6.85. The highest BCUT2D eigenvalue weighted by Gasteiger charge is 2.13. The quantitative estimate of drug-likeness (QED) is 0.660. The van der Waals surface area contributed by atoms with Crippen LogP contribution in [-0.4, -0.2) is 33.0 Å². The summed E-state index contributed by atoms with van der Waals surface area (Å²) in [5.41, 5.74) is 3.63. The number of benzene rings is 2. The van der Waals surface area contributed by atoms with Crippen molar-refractivity contribution in [1.29, 1.82) is 0 Å². The van der Waals surface area contributed by atoms with E-state index < -0.39 is 10.0 Å². The van der Waals surface area contributed by atoms with Gasteiger partial charge >= 0.3 is 0 Å². The van der Waals surface area contributed by atoms with Crippen molar-refractivity contribution in [2.24, 2.45) is 0 Å². The van der Waals surface area contributed by atoms with Gasteiger partial charge in [-0.15, -0.1) is 0 Å². The molecule has 0 unspecified atom stereocenters. The number of rotatable bonds is 7. The number of hydrogen-bond acceptors (Lipinski definition) is 4. The predicted molar refractivity (Wildman–Crippen MR) is 110 cm³/mol. The number of carbonyl (C=O) groups is 2. The average Bonchev–Trinajstić information content (AvgIpc) is 2.57. The molecule has 28 heavy (non-hydrogen) atoms. The van der Waals surface area contributed by atoms with Crippen molar-refractivity contribution in [3.05, 3.63) is 64.7 Å². The molecule has 2 aromatic carbocycles. The molecule has 7 nitrogen and oxygen atoms in total. The molecule has 0 aliphatic rings. The minimum atomic E-state index is -3.38. The molecule has 8 heteroatoms. The lowest BCUT2D eigenvalue weighted by molar-refractivity contribution is -0.120. The van der Waals surface area contributed by atoms with E-state index in [2.05, 4.69) is 15.4 Å². The van der Waals surface area contributed by atoms with Gasteiger partial charge in [0.1, 0.15) is 0 Å². The average molecular weight is 404 g/mol. The van der Waals surface area contributed by atoms with Crippen molar-refractivity contribution >= 4 is 27.5 Å². The van der Waals surface area contributed by atoms with Crippen LogP contribution in [0.1, 0.15) is 40.0 Å². The minimum Gasteiger partial charge on any atom is -0.348 e. The van der Waals surface area contributed by atoms with E-state index in [0.717, 1.165) is 22.9 Å². The molecule has 0 saturated heterocycles. The highest BCUT2D eigenvalue weighted by atomic mass is 32.2. The Morgan fingerprint density at radius 1 is 1.04 bits per heavy atom. The molecule has 0 aliphatic heterocycles. The summed E-state index contributed by atoms with van der Waals surface area (Å²) in [5, 5.41) is 5.39. The minimum absolute atomic E-state index is 0.155. The summed E-state index contributed by atoms with van der Waals surface area (Å²) < 4.78 is 25.1. The molecule has 2 amide bonds. The normalized spacial score (nSPS) is 12.1. The molecule has 0 bridgehead atoms. The number of carbonyl (C=O) groups excluding carboxylic acids is 2. The van der Waals surface area contributed by atoms with Crippen LogP contribution in [0.25, 0.3) is 0 Å². The Balaban J connectivity index is 1.93. The zero-order chi connectivity index (χ0) is 20.9. The molecule has 0 aromatic heterocycles. The number of amides is 2. The first kappa shape index (κ1) is 21.4. The van der Waals surface area contributed by atoms with Gasteiger partial charge in [0.2, 0.25) is 15.9 Å². The van der Waals surface area contributed by atoms with Crippen LogP contribution in [-0.2, 0) is 14.8 Å². The van der Waals surface area contributed by atoms with Crippen LogP contribution in [0, 0.1) is 13.8 Å². The molecule has 0 aliphatic carbocycles. The summed E-state index contributed by atoms with van der Waals surface area (Å²) in [5.74, 6) is -0.652. The third kappa shape index (κ3) is 6.70. The summed E-state index contributed by atoms with van der Waals surface area (Å²) in [6.07, 6.45) is 1.07. The van der Waals surface area contributed by atoms with E-state index in [1.807, 2.05) is 19.9 Å². The maximum absolute atomic E-state index is 12.2. The summed E-state index contributed by atoms with van der Waals surface area (Å²) in [6.45, 7) is 5.44. The zero-order valence-corrected chi connectivity index (χ0v) is 17.2. The molecule has 0 radical (unpaired) electrons. The molecule has 2 rings (SSSR count). The van der Waals surface area contributed by atoms with E-state index in [-0.39, 0.29) is 24.4 Å². The van der Waals surface area contributed by atoms with E-state index in [1.54, 1.807) is 43.3 Å². The molecule has 0 spiro atoms. The Kier molecular flexibility index (Phi) is 6.80. The molecule has 0 saturated carbocycles. The third-order valence-corrected chi connectivity index (χ3v) is 4.57. The number of anilines is 1. The van der Waals surface area contributed by atoms with Gasteiger partial charge in [-0.05, 0) is 50.6 Å². The van der Waals surface area contributed by atoms with Crippen LogP contribution in [0.4, 0.5) is 5.69 Å². The van der Waals surface area contributed by atoms with E-state index in [0.29, 0.717) is 11.3 Å². The fraction of sp³-hybridized carbons (Fsp3) is 0.300. The Labute approximate surface area is 165 Å². The van der Waals surface area contributed by atoms with Crippen LogP contribution in [0.2, 0.25) is 0 Å². The summed E-state index contributed by atoms with van der Waals surface area (Å²) in [7, 11) is -3.38. The molecule has 0 heterocycles. The van der Waals surface area contributed by atoms with Gasteiger partial charge in [0.05, 0.1) is 18.8 Å². The second-order valence-corrected chi connectivity index (χ2v) is 8.60. The van der Waals surface area contributed by atoms with Gasteiger partial charge in [-0.3, -0.25) is 14.3 Å². The highest BCUT2D eigenvalue weighted by Crippen LogP contribution is 2.18. The molecule has 150 valence electrons. The maximum atomic E-state index is 12.2. The van der Waals surface area contributed by atoms with Gasteiger partial charge in [-0.2, -0.15) is 0 Å². The standard InChI is InChI=1S/C20H25N3O4S/c1-13-8-14(2)10-17(9-13)20(25)21-12-19(24)22-15(3)16-6-5-7-18(11-16)23-28(4,26)27/h5-11,15,23H,12H2,1-4H3,(H,21,25)(H,22,24)/t15-/m1/s1. The van der Waals surface area contributed by atoms with Gasteiger partial charge in [-0.1, -0.05) is 29.3 Å². The summed E-state index contributed by atoms with van der Waals surface area (Å²) in [4.78, 5) is 24.4. The van der Waals surface area contributed by atoms with Crippen molar-refractivity contribution < 1.29 is 18.0 Å². The van der Waals surface area contributed by atoms with Crippen molar-refractivity contribution in [2.75, 3.05) is 17.5 Å². The van der Waals surface area contributed by atoms with Gasteiger partial charge < -0.3 is 10.6 Å². The first-order valence-corrected chi connectivity index (χ1v) is 10.7. The van der Waals surface area contributed by atoms with Gasteiger partial charge in [0, 0.05) is 11.3 Å². The fourth-order valence-corrected chi connectivity index (χ4v) is 3.38. The zero-order valence-electron chi connectivity index (χ0n) is 16.4. The Hall–Kier alpha value is -2.87. The Bertz CT molecular complexity index is 966. The van der Waals surface area contributed by atoms with E-state index in [9.17, 15) is 18.0 Å². The summed E-state index contributed by atoms with van der Waals surface area (Å²) in [6, 6.07) is 11.9. The molecule has 2 aromatic rings. The molecule has 1 atom stereocenters. The van der Waals surface area contributed by atoms with Crippen LogP contribution < -0.4 is 15.4 Å². The smallest absolute Gasteiger partial charge is 0.251 e. The maximum Gasteiger partial charge on any atom is 0.251 e. The van der Waals surface area contributed by atoms with Crippen molar-refractivity contribution in [1.82, 2.24) is 10.6 Å². The van der Waals surface area contributed by atoms with Crippen LogP contribution in [0.15, 0.2) is 42.5 Å². The predicted octanol–water partition coefficient (Wildman–Crippen LogP) is 2.28. The number of nitrogens with one attached hydrogen (secondary N) is 3. The van der Waals surface area contributed by atoms with Crippen LogP contribution in [0.5, 0.6) is 0 Å². The van der Waals surface area contributed by atoms with Gasteiger partial charge in [-0.25, -0.2) is 8.42 Å². The van der Waals surface area contributed by atoms with Gasteiger partial charge in [0.15, 0.2) is 0 Å². The van der Waals surface area contributed by atoms with Crippen LogP contribution >= 0.6 is 0 Å². The molecule has 0 fully saturated rings. The topological polar surface area (TPSA) is 104 Å². The van der Waals surface area contributed by atoms with Crippen molar-refractivity contribution in [3.8, 4) is 0 Å². The monoisotopic (exact) mass is 403 g/mol. The number of sulfonamides is 1. The van der Waals surface area contributed by atoms with Crippen LogP contribution in [0.3, 0.4) is 0 Å². The van der Waals surface area contributed by atoms with Crippen molar-refractivity contribution in [3.63, 3.8) is 0 Å². The summed E-state index contributed by atoms with van der Waals surface area (Å²) >= 11 is 0. The third-order valence-electron chi connectivity index (χ3n) is 3.96. The first-order valence-electron chi connectivity index (χ1n) is 8.77.